The summed E-state index contributed by atoms with van der Waals surface area (Å²) < 4.78 is 0. The number of nitro groups is 1. The van der Waals surface area contributed by atoms with Crippen molar-refractivity contribution in [2.24, 2.45) is 5.92 Å². The number of nitro benzene ring substituents is 1. The van der Waals surface area contributed by atoms with E-state index in [0.29, 0.717) is 10.9 Å². The molecule has 0 aliphatic heterocycles. The lowest BCUT2D eigenvalue weighted by Gasteiger charge is -2.25. The molecule has 6 heteroatoms. The van der Waals surface area contributed by atoms with E-state index in [-0.39, 0.29) is 11.8 Å². The topological polar surface area (TPSA) is 75.4 Å². The van der Waals surface area contributed by atoms with E-state index in [1.54, 1.807) is 6.07 Å². The van der Waals surface area contributed by atoms with E-state index in [2.05, 4.69) is 5.32 Å². The number of non-ortho nitro benzene ring substituents is 1. The van der Waals surface area contributed by atoms with Crippen LogP contribution in [-0.2, 0) is 0 Å². The van der Waals surface area contributed by atoms with E-state index in [0.717, 1.165) is 37.9 Å². The highest BCUT2D eigenvalue weighted by Crippen LogP contribution is 2.29. The van der Waals surface area contributed by atoms with Gasteiger partial charge in [0.2, 0.25) is 0 Å². The van der Waals surface area contributed by atoms with Gasteiger partial charge in [-0.2, -0.15) is 0 Å². The second-order valence-electron chi connectivity index (χ2n) is 4.98. The first kappa shape index (κ1) is 14.1. The molecule has 2 rings (SSSR count). The first-order valence-electron chi connectivity index (χ1n) is 6.42. The van der Waals surface area contributed by atoms with E-state index < -0.39 is 4.92 Å². The Morgan fingerprint density at radius 2 is 2.05 bits per heavy atom. The van der Waals surface area contributed by atoms with Crippen LogP contribution in [0.3, 0.4) is 0 Å². The van der Waals surface area contributed by atoms with Crippen molar-refractivity contribution in [3.63, 3.8) is 0 Å². The molecular weight excluding hydrogens is 268 g/mol. The van der Waals surface area contributed by atoms with E-state index >= 15 is 0 Å². The Hall–Kier alpha value is -1.33. The zero-order valence-corrected chi connectivity index (χ0v) is 11.3. The normalized spacial score (nSPS) is 23.1. The molecule has 0 bridgehead atoms. The van der Waals surface area contributed by atoms with E-state index in [1.165, 1.54) is 12.1 Å². The summed E-state index contributed by atoms with van der Waals surface area (Å²) in [6, 6.07) is 4.44. The highest BCUT2D eigenvalue weighted by Gasteiger charge is 2.19. The lowest BCUT2D eigenvalue weighted by molar-refractivity contribution is -0.384. The molecule has 1 aromatic carbocycles. The third-order valence-electron chi connectivity index (χ3n) is 3.56. The number of rotatable bonds is 4. The molecule has 104 valence electrons. The molecule has 0 saturated heterocycles. The highest BCUT2D eigenvalue weighted by atomic mass is 35.5. The summed E-state index contributed by atoms with van der Waals surface area (Å²) in [5, 5.41) is 23.6. The summed E-state index contributed by atoms with van der Waals surface area (Å²) in [5.41, 5.74) is 0.717. The minimum Gasteiger partial charge on any atom is -0.393 e. The van der Waals surface area contributed by atoms with Crippen LogP contribution in [0.2, 0.25) is 5.02 Å². The summed E-state index contributed by atoms with van der Waals surface area (Å²) in [4.78, 5) is 10.1. The molecule has 0 radical (unpaired) electrons. The maximum atomic E-state index is 10.6. The van der Waals surface area contributed by atoms with Crippen molar-refractivity contribution in [1.82, 2.24) is 0 Å². The van der Waals surface area contributed by atoms with E-state index in [4.69, 9.17) is 11.6 Å². The summed E-state index contributed by atoms with van der Waals surface area (Å²) >= 11 is 6.01. The Kier molecular flexibility index (Phi) is 4.61. The third-order valence-corrected chi connectivity index (χ3v) is 3.87. The fraction of sp³-hybridized carbons (Fsp3) is 0.538. The summed E-state index contributed by atoms with van der Waals surface area (Å²) in [6.45, 7) is 0.782. The number of aliphatic hydroxyl groups excluding tert-OH is 1. The van der Waals surface area contributed by atoms with Gasteiger partial charge in [-0.05, 0) is 37.7 Å². The quantitative estimate of drug-likeness (QED) is 0.657. The number of nitrogens with one attached hydrogen (secondary N) is 1. The molecule has 0 amide bonds. The number of hydrogen-bond donors (Lipinski definition) is 2. The second-order valence-corrected chi connectivity index (χ2v) is 5.38. The first-order chi connectivity index (χ1) is 9.06. The van der Waals surface area contributed by atoms with Crippen LogP contribution in [0.5, 0.6) is 0 Å². The van der Waals surface area contributed by atoms with Gasteiger partial charge >= 0.3 is 0 Å². The molecule has 19 heavy (non-hydrogen) atoms. The zero-order chi connectivity index (χ0) is 13.8. The molecule has 1 aliphatic carbocycles. The fourth-order valence-corrected chi connectivity index (χ4v) is 2.61. The van der Waals surface area contributed by atoms with E-state index in [9.17, 15) is 15.2 Å². The predicted molar refractivity (Wildman–Crippen MR) is 74.6 cm³/mol. The molecule has 0 unspecified atom stereocenters. The molecule has 1 fully saturated rings. The molecule has 0 atom stereocenters. The molecule has 2 N–H and O–H groups in total. The molecule has 1 aliphatic rings. The van der Waals surface area contributed by atoms with Crippen LogP contribution < -0.4 is 5.32 Å². The number of hydrogen-bond acceptors (Lipinski definition) is 4. The predicted octanol–water partition coefficient (Wildman–Crippen LogP) is 3.21. The zero-order valence-electron chi connectivity index (χ0n) is 10.5. The van der Waals surface area contributed by atoms with Crippen LogP contribution in [-0.4, -0.2) is 22.7 Å². The Labute approximate surface area is 116 Å². The van der Waals surface area contributed by atoms with Gasteiger partial charge in [0.05, 0.1) is 21.7 Å². The summed E-state index contributed by atoms with van der Waals surface area (Å²) in [6.07, 6.45) is 3.54. The van der Waals surface area contributed by atoms with Crippen molar-refractivity contribution in [3.05, 3.63) is 33.3 Å². The monoisotopic (exact) mass is 284 g/mol. The minimum atomic E-state index is -0.460. The molecular formula is C13H17ClN2O3. The molecule has 1 saturated carbocycles. The maximum absolute atomic E-state index is 10.6. The van der Waals surface area contributed by atoms with Gasteiger partial charge in [0.25, 0.3) is 5.69 Å². The minimum absolute atomic E-state index is 0.00339. The van der Waals surface area contributed by atoms with Gasteiger partial charge in [-0.3, -0.25) is 10.1 Å². The Balaban J connectivity index is 1.91. The number of nitrogens with zero attached hydrogens (tertiary/aromatic N) is 1. The summed E-state index contributed by atoms with van der Waals surface area (Å²) in [7, 11) is 0. The van der Waals surface area contributed by atoms with Gasteiger partial charge in [-0.25, -0.2) is 0 Å². The number of anilines is 1. The number of benzene rings is 1. The van der Waals surface area contributed by atoms with Crippen LogP contribution in [0.4, 0.5) is 11.4 Å². The molecule has 0 spiro atoms. The van der Waals surface area contributed by atoms with Gasteiger partial charge in [0, 0.05) is 18.7 Å². The molecule has 0 heterocycles. The SMILES string of the molecule is O=[N+]([O-])c1ccc(NCC2CCC(O)CC2)c(Cl)c1. The molecule has 0 aromatic heterocycles. The van der Waals surface area contributed by atoms with Gasteiger partial charge in [0.1, 0.15) is 0 Å². The summed E-state index contributed by atoms with van der Waals surface area (Å²) in [5.74, 6) is 0.523. The molecule has 1 aromatic rings. The fourth-order valence-electron chi connectivity index (χ4n) is 2.36. The van der Waals surface area contributed by atoms with Gasteiger partial charge in [0.15, 0.2) is 0 Å². The van der Waals surface area contributed by atoms with Crippen LogP contribution in [0.25, 0.3) is 0 Å². The van der Waals surface area contributed by atoms with Gasteiger partial charge in [-0.1, -0.05) is 11.6 Å². The lowest BCUT2D eigenvalue weighted by Crippen LogP contribution is -2.23. The van der Waals surface area contributed by atoms with Crippen molar-refractivity contribution in [2.45, 2.75) is 31.8 Å². The van der Waals surface area contributed by atoms with Crippen molar-refractivity contribution < 1.29 is 10.0 Å². The van der Waals surface area contributed by atoms with Crippen LogP contribution in [0.15, 0.2) is 18.2 Å². The standard InChI is InChI=1S/C13H17ClN2O3/c14-12-7-10(16(18)19)3-6-13(12)15-8-9-1-4-11(17)5-2-9/h3,6-7,9,11,15,17H,1-2,4-5,8H2. The van der Waals surface area contributed by atoms with Crippen molar-refractivity contribution in [3.8, 4) is 0 Å². The Bertz CT molecular complexity index is 459. The van der Waals surface area contributed by atoms with Crippen LogP contribution in [0.1, 0.15) is 25.7 Å². The number of halogens is 1. The van der Waals surface area contributed by atoms with Crippen molar-refractivity contribution in [1.29, 1.82) is 0 Å². The highest BCUT2D eigenvalue weighted by molar-refractivity contribution is 6.33. The lowest BCUT2D eigenvalue weighted by atomic mass is 9.87. The Morgan fingerprint density at radius 3 is 2.63 bits per heavy atom. The smallest absolute Gasteiger partial charge is 0.271 e. The van der Waals surface area contributed by atoms with Gasteiger partial charge < -0.3 is 10.4 Å². The third kappa shape index (κ3) is 3.81. The van der Waals surface area contributed by atoms with Crippen molar-refractivity contribution >= 4 is 23.0 Å². The number of aliphatic hydroxyl groups is 1. The average Bonchev–Trinajstić information content (AvgIpc) is 2.39. The average molecular weight is 285 g/mol. The maximum Gasteiger partial charge on any atom is 0.271 e. The van der Waals surface area contributed by atoms with Crippen LogP contribution >= 0.6 is 11.6 Å². The van der Waals surface area contributed by atoms with Crippen molar-refractivity contribution in [2.75, 3.05) is 11.9 Å². The molecule has 5 nitrogen and oxygen atoms in total. The van der Waals surface area contributed by atoms with Crippen LogP contribution in [0, 0.1) is 16.0 Å². The second kappa shape index (κ2) is 6.21. The Morgan fingerprint density at radius 1 is 1.37 bits per heavy atom. The van der Waals surface area contributed by atoms with Gasteiger partial charge in [-0.15, -0.1) is 0 Å². The van der Waals surface area contributed by atoms with E-state index in [1.807, 2.05) is 0 Å². The first-order valence-corrected chi connectivity index (χ1v) is 6.80. The largest absolute Gasteiger partial charge is 0.393 e.